The first-order valence-corrected chi connectivity index (χ1v) is 6.21. The van der Waals surface area contributed by atoms with Crippen molar-refractivity contribution in [2.45, 2.75) is 53.1 Å². The van der Waals surface area contributed by atoms with Crippen LogP contribution in [0.1, 0.15) is 46.6 Å². The van der Waals surface area contributed by atoms with Gasteiger partial charge in [0.25, 0.3) is 0 Å². The highest BCUT2D eigenvalue weighted by Crippen LogP contribution is 2.27. The van der Waals surface area contributed by atoms with Gasteiger partial charge in [-0.1, -0.05) is 32.9 Å². The second kappa shape index (κ2) is 5.09. The molecule has 0 atom stereocenters. The second-order valence-electron chi connectivity index (χ2n) is 6.64. The fraction of sp³-hybridized carbons (Fsp3) is 0.600. The maximum atomic E-state index is 9.40. The molecule has 0 radical (unpaired) electrons. The Morgan fingerprint density at radius 2 is 1.76 bits per heavy atom. The highest BCUT2D eigenvalue weighted by atomic mass is 16.3. The lowest BCUT2D eigenvalue weighted by molar-refractivity contribution is 0.240. The van der Waals surface area contributed by atoms with Gasteiger partial charge in [0.1, 0.15) is 5.75 Å². The predicted molar refractivity (Wildman–Crippen MR) is 73.1 cm³/mol. The first-order valence-electron chi connectivity index (χ1n) is 6.21. The maximum absolute atomic E-state index is 9.40. The van der Waals surface area contributed by atoms with E-state index in [4.69, 9.17) is 0 Å². The van der Waals surface area contributed by atoms with Gasteiger partial charge in [0.15, 0.2) is 0 Å². The van der Waals surface area contributed by atoms with Crippen LogP contribution in [0.5, 0.6) is 5.75 Å². The molecular formula is C15H25NO. The molecule has 0 spiro atoms. The third-order valence-electron chi connectivity index (χ3n) is 2.65. The Hall–Kier alpha value is -1.02. The summed E-state index contributed by atoms with van der Waals surface area (Å²) in [6.45, 7) is 12.0. The van der Waals surface area contributed by atoms with Crippen LogP contribution in [0.25, 0.3) is 0 Å². The second-order valence-corrected chi connectivity index (χ2v) is 6.64. The van der Waals surface area contributed by atoms with Crippen LogP contribution in [0, 0.1) is 5.41 Å². The Morgan fingerprint density at radius 1 is 1.12 bits per heavy atom. The zero-order valence-corrected chi connectivity index (χ0v) is 11.7. The van der Waals surface area contributed by atoms with E-state index in [0.717, 1.165) is 18.5 Å². The first kappa shape index (κ1) is 14.0. The van der Waals surface area contributed by atoms with E-state index in [1.165, 1.54) is 0 Å². The summed E-state index contributed by atoms with van der Waals surface area (Å²) in [5.41, 5.74) is 1.53. The molecular weight excluding hydrogens is 210 g/mol. The third kappa shape index (κ3) is 5.73. The van der Waals surface area contributed by atoms with E-state index in [2.05, 4.69) is 39.9 Å². The quantitative estimate of drug-likeness (QED) is 0.834. The molecule has 0 aliphatic carbocycles. The van der Waals surface area contributed by atoms with E-state index in [1.54, 1.807) is 12.1 Å². The van der Waals surface area contributed by atoms with Gasteiger partial charge in [0, 0.05) is 12.1 Å². The molecule has 96 valence electrons. The van der Waals surface area contributed by atoms with Crippen LogP contribution < -0.4 is 5.32 Å². The summed E-state index contributed by atoms with van der Waals surface area (Å²) in [6.07, 6.45) is 1.11. The number of hydrogen-bond donors (Lipinski definition) is 2. The fourth-order valence-corrected chi connectivity index (χ4v) is 2.40. The lowest BCUT2D eigenvalue weighted by Crippen LogP contribution is -2.41. The number of phenols is 1. The normalized spacial score (nSPS) is 12.8. The highest BCUT2D eigenvalue weighted by Gasteiger charge is 2.24. The van der Waals surface area contributed by atoms with Crippen molar-refractivity contribution < 1.29 is 5.11 Å². The monoisotopic (exact) mass is 235 g/mol. The van der Waals surface area contributed by atoms with E-state index in [1.807, 2.05) is 12.1 Å². The van der Waals surface area contributed by atoms with Crippen molar-refractivity contribution in [2.75, 3.05) is 0 Å². The molecule has 0 bridgehead atoms. The van der Waals surface area contributed by atoms with Crippen molar-refractivity contribution in [1.82, 2.24) is 5.32 Å². The van der Waals surface area contributed by atoms with Gasteiger partial charge in [-0.05, 0) is 43.4 Å². The molecule has 0 fully saturated rings. The molecule has 0 heterocycles. The molecule has 0 saturated carbocycles. The van der Waals surface area contributed by atoms with Gasteiger partial charge in [-0.3, -0.25) is 0 Å². The molecule has 2 N–H and O–H groups in total. The van der Waals surface area contributed by atoms with E-state index in [-0.39, 0.29) is 5.54 Å². The van der Waals surface area contributed by atoms with Gasteiger partial charge in [0.05, 0.1) is 0 Å². The molecule has 0 aliphatic heterocycles. The first-order chi connectivity index (χ1) is 7.68. The highest BCUT2D eigenvalue weighted by molar-refractivity contribution is 5.27. The number of rotatable bonds is 4. The molecule has 0 saturated heterocycles. The summed E-state index contributed by atoms with van der Waals surface area (Å²) in [5.74, 6) is 0.331. The summed E-state index contributed by atoms with van der Waals surface area (Å²) < 4.78 is 0. The van der Waals surface area contributed by atoms with Crippen molar-refractivity contribution >= 4 is 0 Å². The Bertz CT molecular complexity index is 363. The number of aromatic hydroxyl groups is 1. The van der Waals surface area contributed by atoms with Gasteiger partial charge in [-0.15, -0.1) is 0 Å². The minimum atomic E-state index is 0.101. The zero-order valence-electron chi connectivity index (χ0n) is 11.7. The van der Waals surface area contributed by atoms with Crippen LogP contribution in [0.4, 0.5) is 0 Å². The SMILES string of the molecule is CC(C)(C)CC(C)(C)NCc1cccc(O)c1. The third-order valence-corrected chi connectivity index (χ3v) is 2.65. The van der Waals surface area contributed by atoms with E-state index < -0.39 is 0 Å². The van der Waals surface area contributed by atoms with Crippen LogP contribution in [-0.2, 0) is 6.54 Å². The van der Waals surface area contributed by atoms with Gasteiger partial charge >= 0.3 is 0 Å². The van der Waals surface area contributed by atoms with E-state index in [9.17, 15) is 5.11 Å². The lowest BCUT2D eigenvalue weighted by atomic mass is 9.82. The van der Waals surface area contributed by atoms with E-state index >= 15 is 0 Å². The Balaban J connectivity index is 2.55. The van der Waals surface area contributed by atoms with Crippen molar-refractivity contribution in [2.24, 2.45) is 5.41 Å². The molecule has 0 unspecified atom stereocenters. The fourth-order valence-electron chi connectivity index (χ4n) is 2.40. The van der Waals surface area contributed by atoms with Crippen molar-refractivity contribution in [3.8, 4) is 5.75 Å². The molecule has 0 aromatic heterocycles. The standard InChI is InChI=1S/C15H25NO/c1-14(2,3)11-15(4,5)16-10-12-7-6-8-13(17)9-12/h6-9,16-17H,10-11H2,1-5H3. The number of phenolic OH excluding ortho intramolecular Hbond substituents is 1. The van der Waals surface area contributed by atoms with Crippen LogP contribution in [-0.4, -0.2) is 10.6 Å². The predicted octanol–water partition coefficient (Wildman–Crippen LogP) is 3.70. The van der Waals surface area contributed by atoms with Gasteiger partial charge in [0.2, 0.25) is 0 Å². The van der Waals surface area contributed by atoms with Crippen molar-refractivity contribution in [3.05, 3.63) is 29.8 Å². The lowest BCUT2D eigenvalue weighted by Gasteiger charge is -2.33. The molecule has 1 aromatic rings. The molecule has 2 heteroatoms. The zero-order chi connectivity index (χ0) is 13.1. The smallest absolute Gasteiger partial charge is 0.115 e. The topological polar surface area (TPSA) is 32.3 Å². The van der Waals surface area contributed by atoms with Crippen LogP contribution in [0.3, 0.4) is 0 Å². The summed E-state index contributed by atoms with van der Waals surface area (Å²) in [7, 11) is 0. The Kier molecular flexibility index (Phi) is 4.21. The van der Waals surface area contributed by atoms with Gasteiger partial charge in [-0.2, -0.15) is 0 Å². The number of benzene rings is 1. The molecule has 2 nitrogen and oxygen atoms in total. The minimum absolute atomic E-state index is 0.101. The minimum Gasteiger partial charge on any atom is -0.508 e. The maximum Gasteiger partial charge on any atom is 0.115 e. The average molecular weight is 235 g/mol. The van der Waals surface area contributed by atoms with Crippen molar-refractivity contribution in [1.29, 1.82) is 0 Å². The van der Waals surface area contributed by atoms with Crippen molar-refractivity contribution in [3.63, 3.8) is 0 Å². The van der Waals surface area contributed by atoms with Crippen LogP contribution in [0.15, 0.2) is 24.3 Å². The van der Waals surface area contributed by atoms with E-state index in [0.29, 0.717) is 11.2 Å². The largest absolute Gasteiger partial charge is 0.508 e. The number of nitrogens with one attached hydrogen (secondary N) is 1. The molecule has 1 aromatic carbocycles. The molecule has 0 aliphatic rings. The van der Waals surface area contributed by atoms with Crippen LogP contribution in [0.2, 0.25) is 0 Å². The Labute approximate surface area is 105 Å². The van der Waals surface area contributed by atoms with Gasteiger partial charge in [-0.25, -0.2) is 0 Å². The summed E-state index contributed by atoms with van der Waals surface area (Å²) in [5, 5.41) is 12.9. The Morgan fingerprint density at radius 3 is 2.29 bits per heavy atom. The van der Waals surface area contributed by atoms with Gasteiger partial charge < -0.3 is 10.4 Å². The van der Waals surface area contributed by atoms with Crippen LogP contribution >= 0.6 is 0 Å². The molecule has 1 rings (SSSR count). The summed E-state index contributed by atoms with van der Waals surface area (Å²) >= 11 is 0. The molecule has 0 amide bonds. The number of hydrogen-bond acceptors (Lipinski definition) is 2. The summed E-state index contributed by atoms with van der Waals surface area (Å²) in [4.78, 5) is 0. The molecule has 17 heavy (non-hydrogen) atoms. The average Bonchev–Trinajstić information content (AvgIpc) is 2.11. The summed E-state index contributed by atoms with van der Waals surface area (Å²) in [6, 6.07) is 7.41.